The van der Waals surface area contributed by atoms with E-state index in [1.54, 1.807) is 11.6 Å². The van der Waals surface area contributed by atoms with Gasteiger partial charge in [-0.3, -0.25) is 4.79 Å². The molecule has 0 amide bonds. The van der Waals surface area contributed by atoms with Gasteiger partial charge in [0, 0.05) is 10.4 Å². The number of nitrogens with zero attached hydrogens (tertiary/aromatic N) is 1. The van der Waals surface area contributed by atoms with Crippen LogP contribution in [0.4, 0.5) is 4.39 Å². The van der Waals surface area contributed by atoms with Gasteiger partial charge in [0.15, 0.2) is 5.78 Å². The molecule has 0 saturated carbocycles. The molecule has 4 heteroatoms. The molecule has 0 unspecified atom stereocenters. The summed E-state index contributed by atoms with van der Waals surface area (Å²) in [5.74, 6) is -0.485. The molecule has 0 bridgehead atoms. The molecule has 0 aliphatic heterocycles. The molecule has 0 saturated heterocycles. The van der Waals surface area contributed by atoms with Crippen molar-refractivity contribution in [1.82, 2.24) is 4.98 Å². The van der Waals surface area contributed by atoms with Crippen LogP contribution in [0.3, 0.4) is 0 Å². The Kier molecular flexibility index (Phi) is 3.44. The molecule has 1 aromatic heterocycles. The maximum Gasteiger partial charge on any atom is 0.185 e. The van der Waals surface area contributed by atoms with Gasteiger partial charge in [-0.25, -0.2) is 9.37 Å². The van der Waals surface area contributed by atoms with E-state index in [0.29, 0.717) is 5.56 Å². The van der Waals surface area contributed by atoms with E-state index in [9.17, 15) is 9.18 Å². The Morgan fingerprint density at radius 3 is 2.65 bits per heavy atom. The molecule has 86 valence electrons. The lowest BCUT2D eigenvalue weighted by atomic mass is 10.1. The first-order valence-electron chi connectivity index (χ1n) is 5.05. The average molecular weight is 247 g/mol. The normalized spacial score (nSPS) is 10.9. The zero-order valence-electron chi connectivity index (χ0n) is 9.18. The highest BCUT2D eigenvalue weighted by Crippen LogP contribution is 2.14. The predicted octanol–water partition coefficient (Wildman–Crippen LogP) is 3.49. The van der Waals surface area contributed by atoms with Crippen LogP contribution in [0.2, 0.25) is 0 Å². The van der Waals surface area contributed by atoms with Crippen molar-refractivity contribution < 1.29 is 9.18 Å². The van der Waals surface area contributed by atoms with Crippen LogP contribution in [0.5, 0.6) is 0 Å². The summed E-state index contributed by atoms with van der Waals surface area (Å²) in [5, 5.41) is 0. The molecule has 2 nitrogen and oxygen atoms in total. The van der Waals surface area contributed by atoms with Crippen LogP contribution in [-0.2, 0) is 0 Å². The van der Waals surface area contributed by atoms with Gasteiger partial charge in [-0.1, -0.05) is 0 Å². The summed E-state index contributed by atoms with van der Waals surface area (Å²) in [6.45, 7) is 1.89. The summed E-state index contributed by atoms with van der Waals surface area (Å²) in [4.78, 5) is 16.8. The van der Waals surface area contributed by atoms with Crippen LogP contribution in [-0.4, -0.2) is 10.8 Å². The summed E-state index contributed by atoms with van der Waals surface area (Å²) < 4.78 is 12.7. The van der Waals surface area contributed by atoms with E-state index in [1.165, 1.54) is 41.7 Å². The third-order valence-electron chi connectivity index (χ3n) is 2.30. The van der Waals surface area contributed by atoms with Gasteiger partial charge in [0.2, 0.25) is 0 Å². The third-order valence-corrected chi connectivity index (χ3v) is 3.19. The molecule has 1 aromatic carbocycles. The van der Waals surface area contributed by atoms with Gasteiger partial charge in [0.1, 0.15) is 5.82 Å². The van der Waals surface area contributed by atoms with E-state index < -0.39 is 0 Å². The summed E-state index contributed by atoms with van der Waals surface area (Å²) in [7, 11) is 0. The van der Waals surface area contributed by atoms with Crippen LogP contribution in [0, 0.1) is 12.7 Å². The predicted molar refractivity (Wildman–Crippen MR) is 66.6 cm³/mol. The first-order valence-corrected chi connectivity index (χ1v) is 5.93. The number of allylic oxidation sites excluding steroid dienone is 1. The molecule has 0 aliphatic carbocycles. The summed E-state index contributed by atoms with van der Waals surface area (Å²) in [5.41, 5.74) is 3.11. The Hall–Kier alpha value is -1.81. The van der Waals surface area contributed by atoms with Crippen molar-refractivity contribution in [3.63, 3.8) is 0 Å². The average Bonchev–Trinajstić information content (AvgIpc) is 2.73. The zero-order valence-corrected chi connectivity index (χ0v) is 10.00. The SMILES string of the molecule is Cc1ncsc1/C=C/C(=O)c1ccc(F)cc1. The molecule has 0 spiro atoms. The maximum atomic E-state index is 12.7. The van der Waals surface area contributed by atoms with Crippen molar-refractivity contribution in [1.29, 1.82) is 0 Å². The lowest BCUT2D eigenvalue weighted by molar-refractivity contribution is 0.104. The summed E-state index contributed by atoms with van der Waals surface area (Å²) in [6.07, 6.45) is 3.21. The fourth-order valence-electron chi connectivity index (χ4n) is 1.33. The second-order valence-corrected chi connectivity index (χ2v) is 4.39. The molecule has 2 rings (SSSR count). The van der Waals surface area contributed by atoms with Gasteiger partial charge in [0.25, 0.3) is 0 Å². The van der Waals surface area contributed by atoms with Crippen LogP contribution in [0.25, 0.3) is 6.08 Å². The van der Waals surface area contributed by atoms with Crippen LogP contribution >= 0.6 is 11.3 Å². The van der Waals surface area contributed by atoms with E-state index in [0.717, 1.165) is 10.6 Å². The zero-order chi connectivity index (χ0) is 12.3. The quantitative estimate of drug-likeness (QED) is 0.614. The lowest BCUT2D eigenvalue weighted by Gasteiger charge is -1.94. The van der Waals surface area contributed by atoms with Crippen molar-refractivity contribution in [2.45, 2.75) is 6.92 Å². The van der Waals surface area contributed by atoms with Gasteiger partial charge in [-0.2, -0.15) is 0 Å². The highest BCUT2D eigenvalue weighted by atomic mass is 32.1. The number of benzene rings is 1. The Morgan fingerprint density at radius 1 is 1.35 bits per heavy atom. The molecular weight excluding hydrogens is 237 g/mol. The minimum absolute atomic E-state index is 0.141. The van der Waals surface area contributed by atoms with E-state index >= 15 is 0 Å². The largest absolute Gasteiger partial charge is 0.289 e. The number of aryl methyl sites for hydroxylation is 1. The number of hydrogen-bond donors (Lipinski definition) is 0. The minimum atomic E-state index is -0.344. The number of halogens is 1. The number of rotatable bonds is 3. The topological polar surface area (TPSA) is 30.0 Å². The second-order valence-electron chi connectivity index (χ2n) is 3.51. The standard InChI is InChI=1S/C13H10FNOS/c1-9-13(17-8-15-9)7-6-12(16)10-2-4-11(14)5-3-10/h2-8H,1H3/b7-6+. The van der Waals surface area contributed by atoms with Gasteiger partial charge in [-0.15, -0.1) is 11.3 Å². The fourth-order valence-corrected chi connectivity index (χ4v) is 2.03. The number of aromatic nitrogens is 1. The smallest absolute Gasteiger partial charge is 0.185 e. The number of carbonyl (C=O) groups is 1. The number of thiazole rings is 1. The maximum absolute atomic E-state index is 12.7. The van der Waals surface area contributed by atoms with Crippen LogP contribution < -0.4 is 0 Å². The first kappa shape index (κ1) is 11.7. The molecule has 0 fully saturated rings. The molecule has 0 aliphatic rings. The van der Waals surface area contributed by atoms with Crippen LogP contribution in [0.15, 0.2) is 35.9 Å². The molecule has 1 heterocycles. The van der Waals surface area contributed by atoms with Gasteiger partial charge in [-0.05, 0) is 43.3 Å². The lowest BCUT2D eigenvalue weighted by Crippen LogP contribution is -1.93. The van der Waals surface area contributed by atoms with Crippen molar-refractivity contribution >= 4 is 23.2 Å². The molecule has 0 N–H and O–H groups in total. The molecule has 0 radical (unpaired) electrons. The molecular formula is C13H10FNOS. The van der Waals surface area contributed by atoms with Gasteiger partial charge < -0.3 is 0 Å². The van der Waals surface area contributed by atoms with Gasteiger partial charge in [0.05, 0.1) is 11.2 Å². The van der Waals surface area contributed by atoms with E-state index in [2.05, 4.69) is 4.98 Å². The van der Waals surface area contributed by atoms with Crippen molar-refractivity contribution in [2.24, 2.45) is 0 Å². The summed E-state index contributed by atoms with van der Waals surface area (Å²) in [6, 6.07) is 5.50. The Morgan fingerprint density at radius 2 is 2.06 bits per heavy atom. The fraction of sp³-hybridized carbons (Fsp3) is 0.0769. The van der Waals surface area contributed by atoms with E-state index in [4.69, 9.17) is 0 Å². The monoisotopic (exact) mass is 247 g/mol. The Bertz CT molecular complexity index is 557. The summed E-state index contributed by atoms with van der Waals surface area (Å²) >= 11 is 1.48. The van der Waals surface area contributed by atoms with Crippen molar-refractivity contribution in [3.8, 4) is 0 Å². The van der Waals surface area contributed by atoms with Gasteiger partial charge >= 0.3 is 0 Å². The molecule has 0 atom stereocenters. The Balaban J connectivity index is 2.14. The minimum Gasteiger partial charge on any atom is -0.289 e. The highest BCUT2D eigenvalue weighted by molar-refractivity contribution is 7.10. The number of carbonyl (C=O) groups excluding carboxylic acids is 1. The van der Waals surface area contributed by atoms with Crippen molar-refractivity contribution in [2.75, 3.05) is 0 Å². The second kappa shape index (κ2) is 5.01. The first-order chi connectivity index (χ1) is 8.16. The van der Waals surface area contributed by atoms with Crippen molar-refractivity contribution in [3.05, 3.63) is 57.8 Å². The van der Waals surface area contributed by atoms with E-state index in [1.807, 2.05) is 6.92 Å². The highest BCUT2D eigenvalue weighted by Gasteiger charge is 2.02. The van der Waals surface area contributed by atoms with E-state index in [-0.39, 0.29) is 11.6 Å². The third kappa shape index (κ3) is 2.85. The number of ketones is 1. The molecule has 2 aromatic rings. The number of hydrogen-bond acceptors (Lipinski definition) is 3. The Labute approximate surface area is 102 Å². The van der Waals surface area contributed by atoms with Crippen LogP contribution in [0.1, 0.15) is 20.9 Å². The molecule has 17 heavy (non-hydrogen) atoms.